The number of sulfonamides is 1. The summed E-state index contributed by atoms with van der Waals surface area (Å²) in [6.45, 7) is 1.54. The largest absolute Gasteiger partial charge is 0.308 e. The summed E-state index contributed by atoms with van der Waals surface area (Å²) in [5.41, 5.74) is 2.39. The Morgan fingerprint density at radius 3 is 2.38 bits per heavy atom. The fourth-order valence-electron chi connectivity index (χ4n) is 4.03. The Bertz CT molecular complexity index is 1350. The van der Waals surface area contributed by atoms with Crippen LogP contribution < -0.4 is 4.90 Å². The zero-order valence-corrected chi connectivity index (χ0v) is 23.5. The Morgan fingerprint density at radius 1 is 1.03 bits per heavy atom. The average Bonchev–Trinajstić information content (AvgIpc) is 3.10. The molecule has 0 N–H and O–H groups in total. The maximum atomic E-state index is 13.6. The Balaban J connectivity index is 1.69. The molecule has 0 bridgehead atoms. The van der Waals surface area contributed by atoms with Crippen LogP contribution in [0.5, 0.6) is 0 Å². The Hall–Kier alpha value is -1.42. The van der Waals surface area contributed by atoms with Crippen LogP contribution in [0.15, 0.2) is 74.5 Å². The van der Waals surface area contributed by atoms with E-state index in [0.29, 0.717) is 22.0 Å². The maximum Gasteiger partial charge on any atom is 0.243 e. The Kier molecular flexibility index (Phi) is 7.77. The van der Waals surface area contributed by atoms with E-state index in [1.807, 2.05) is 25.1 Å². The molecule has 1 aliphatic rings. The van der Waals surface area contributed by atoms with E-state index >= 15 is 0 Å². The summed E-state index contributed by atoms with van der Waals surface area (Å²) in [4.78, 5) is 15.3. The lowest BCUT2D eigenvalue weighted by Gasteiger charge is -2.28. The summed E-state index contributed by atoms with van der Waals surface area (Å²) in [5, 5.41) is 0.779. The van der Waals surface area contributed by atoms with Gasteiger partial charge < -0.3 is 4.90 Å². The third kappa shape index (κ3) is 5.37. The molecule has 1 heterocycles. The quantitative estimate of drug-likeness (QED) is 0.300. The molecular weight excluding hydrogens is 627 g/mol. The van der Waals surface area contributed by atoms with Gasteiger partial charge >= 0.3 is 0 Å². The number of carbonyl (C=O) groups is 1. The van der Waals surface area contributed by atoms with Crippen molar-refractivity contribution < 1.29 is 13.2 Å². The second-order valence-electron chi connectivity index (χ2n) is 8.05. The highest BCUT2D eigenvalue weighted by molar-refractivity contribution is 9.10. The normalized spacial score (nSPS) is 15.6. The number of halogens is 4. The van der Waals surface area contributed by atoms with Gasteiger partial charge in [-0.3, -0.25) is 4.79 Å². The molecule has 0 spiro atoms. The van der Waals surface area contributed by atoms with Crippen LogP contribution in [-0.2, 0) is 27.8 Å². The van der Waals surface area contributed by atoms with Gasteiger partial charge in [-0.15, -0.1) is 0 Å². The van der Waals surface area contributed by atoms with Gasteiger partial charge in [0, 0.05) is 37.3 Å². The van der Waals surface area contributed by atoms with Crippen molar-refractivity contribution in [1.82, 2.24) is 4.31 Å². The van der Waals surface area contributed by atoms with Crippen LogP contribution in [-0.4, -0.2) is 31.2 Å². The standard InChI is InChI=1S/C24H20Br2Cl2N2O3S/c1-15-10-17-11-19(26)5-9-23(17)30(15)24(31)14-29(13-16-2-6-20(27)12-22(16)28)34(32,33)21-7-3-18(25)4-8-21/h2-9,11-12,15H,10,13-14H2,1H3/t15-/m0/s1. The minimum absolute atomic E-state index is 0.0739. The van der Waals surface area contributed by atoms with Crippen molar-refractivity contribution in [3.8, 4) is 0 Å². The number of hydrogen-bond acceptors (Lipinski definition) is 3. The van der Waals surface area contributed by atoms with E-state index in [1.54, 1.807) is 35.2 Å². The molecule has 0 unspecified atom stereocenters. The number of anilines is 1. The summed E-state index contributed by atoms with van der Waals surface area (Å²) in [5.74, 6) is -0.306. The van der Waals surface area contributed by atoms with Gasteiger partial charge in [0.1, 0.15) is 0 Å². The lowest BCUT2D eigenvalue weighted by molar-refractivity contribution is -0.119. The van der Waals surface area contributed by atoms with E-state index in [2.05, 4.69) is 31.9 Å². The zero-order chi connectivity index (χ0) is 24.6. The van der Waals surface area contributed by atoms with Crippen LogP contribution in [0.2, 0.25) is 10.0 Å². The monoisotopic (exact) mass is 644 g/mol. The SMILES string of the molecule is C[C@H]1Cc2cc(Br)ccc2N1C(=O)CN(Cc1ccc(Cl)cc1Cl)S(=O)(=O)c1ccc(Br)cc1. The number of carbonyl (C=O) groups excluding carboxylic acids is 1. The molecule has 1 amide bonds. The van der Waals surface area contributed by atoms with Gasteiger partial charge in [0.15, 0.2) is 0 Å². The second-order valence-corrected chi connectivity index (χ2v) is 12.7. The van der Waals surface area contributed by atoms with Crippen LogP contribution in [0.3, 0.4) is 0 Å². The lowest BCUT2D eigenvalue weighted by Crippen LogP contribution is -2.44. The van der Waals surface area contributed by atoms with E-state index in [0.717, 1.165) is 24.5 Å². The molecule has 3 aromatic carbocycles. The number of benzene rings is 3. The topological polar surface area (TPSA) is 57.7 Å². The minimum Gasteiger partial charge on any atom is -0.308 e. The van der Waals surface area contributed by atoms with Crippen molar-refractivity contribution in [2.24, 2.45) is 0 Å². The molecular formula is C24H20Br2Cl2N2O3S. The molecule has 10 heteroatoms. The second kappa shape index (κ2) is 10.3. The Morgan fingerprint density at radius 2 is 1.71 bits per heavy atom. The smallest absolute Gasteiger partial charge is 0.243 e. The van der Waals surface area contributed by atoms with Crippen molar-refractivity contribution >= 4 is 76.7 Å². The molecule has 1 aliphatic heterocycles. The van der Waals surface area contributed by atoms with E-state index in [-0.39, 0.29) is 29.9 Å². The van der Waals surface area contributed by atoms with Crippen LogP contribution in [0.25, 0.3) is 0 Å². The number of hydrogen-bond donors (Lipinski definition) is 0. The molecule has 3 aromatic rings. The fraction of sp³-hybridized carbons (Fsp3) is 0.208. The third-order valence-electron chi connectivity index (χ3n) is 5.65. The van der Waals surface area contributed by atoms with Crippen molar-refractivity contribution in [3.05, 3.63) is 90.8 Å². The van der Waals surface area contributed by atoms with E-state index in [9.17, 15) is 13.2 Å². The predicted molar refractivity (Wildman–Crippen MR) is 143 cm³/mol. The highest BCUT2D eigenvalue weighted by Gasteiger charge is 2.35. The average molecular weight is 647 g/mol. The van der Waals surface area contributed by atoms with Crippen LogP contribution in [0.4, 0.5) is 5.69 Å². The van der Waals surface area contributed by atoms with Gasteiger partial charge in [0.05, 0.1) is 11.4 Å². The molecule has 1 atom stereocenters. The summed E-state index contributed by atoms with van der Waals surface area (Å²) in [6, 6.07) is 16.8. The minimum atomic E-state index is -4.00. The summed E-state index contributed by atoms with van der Waals surface area (Å²) >= 11 is 19.2. The van der Waals surface area contributed by atoms with Gasteiger partial charge in [0.25, 0.3) is 0 Å². The third-order valence-corrected chi connectivity index (χ3v) is 9.07. The van der Waals surface area contributed by atoms with Crippen LogP contribution >= 0.6 is 55.1 Å². The first kappa shape index (κ1) is 25.7. The van der Waals surface area contributed by atoms with Crippen molar-refractivity contribution in [3.63, 3.8) is 0 Å². The fourth-order valence-corrected chi connectivity index (χ4v) is 6.54. The molecule has 178 valence electrons. The summed E-state index contributed by atoms with van der Waals surface area (Å²) < 4.78 is 30.1. The predicted octanol–water partition coefficient (Wildman–Crippen LogP) is 6.69. The van der Waals surface area contributed by atoms with Gasteiger partial charge in [-0.1, -0.05) is 61.1 Å². The maximum absolute atomic E-state index is 13.6. The molecule has 5 nitrogen and oxygen atoms in total. The first-order valence-corrected chi connectivity index (χ1v) is 14.1. The van der Waals surface area contributed by atoms with Crippen molar-refractivity contribution in [2.45, 2.75) is 30.8 Å². The molecule has 0 fully saturated rings. The highest BCUT2D eigenvalue weighted by atomic mass is 79.9. The van der Waals surface area contributed by atoms with Crippen molar-refractivity contribution in [2.75, 3.05) is 11.4 Å². The molecule has 0 aromatic heterocycles. The van der Waals surface area contributed by atoms with Gasteiger partial charge in [-0.05, 0) is 79.1 Å². The summed E-state index contributed by atoms with van der Waals surface area (Å²) in [6.07, 6.45) is 0.697. The van der Waals surface area contributed by atoms with E-state index < -0.39 is 10.0 Å². The zero-order valence-electron chi connectivity index (χ0n) is 18.0. The van der Waals surface area contributed by atoms with Crippen LogP contribution in [0, 0.1) is 0 Å². The molecule has 34 heavy (non-hydrogen) atoms. The van der Waals surface area contributed by atoms with E-state index in [1.165, 1.54) is 12.1 Å². The lowest BCUT2D eigenvalue weighted by atomic mass is 10.1. The number of amides is 1. The number of fused-ring (bicyclic) bond motifs is 1. The number of nitrogens with zero attached hydrogens (tertiary/aromatic N) is 2. The van der Waals surface area contributed by atoms with Gasteiger partial charge in [-0.25, -0.2) is 8.42 Å². The number of rotatable bonds is 6. The first-order valence-electron chi connectivity index (χ1n) is 10.4. The first-order chi connectivity index (χ1) is 16.1. The molecule has 0 radical (unpaired) electrons. The Labute approximate surface area is 226 Å². The van der Waals surface area contributed by atoms with Crippen molar-refractivity contribution in [1.29, 1.82) is 0 Å². The van der Waals surface area contributed by atoms with Gasteiger partial charge in [-0.2, -0.15) is 4.31 Å². The highest BCUT2D eigenvalue weighted by Crippen LogP contribution is 2.35. The molecule has 0 aliphatic carbocycles. The van der Waals surface area contributed by atoms with E-state index in [4.69, 9.17) is 23.2 Å². The molecule has 0 saturated heterocycles. The molecule has 4 rings (SSSR count). The van der Waals surface area contributed by atoms with Gasteiger partial charge in [0.2, 0.25) is 15.9 Å². The molecule has 0 saturated carbocycles. The van der Waals surface area contributed by atoms with Crippen LogP contribution in [0.1, 0.15) is 18.1 Å². The summed E-state index contributed by atoms with van der Waals surface area (Å²) in [7, 11) is -4.00.